The van der Waals surface area contributed by atoms with Gasteiger partial charge in [0.2, 0.25) is 11.8 Å². The summed E-state index contributed by atoms with van der Waals surface area (Å²) in [5.41, 5.74) is 1.87. The Morgan fingerprint density at radius 1 is 1.14 bits per heavy atom. The van der Waals surface area contributed by atoms with E-state index in [0.29, 0.717) is 29.0 Å². The molecule has 5 rings (SSSR count). The van der Waals surface area contributed by atoms with Crippen LogP contribution in [0.4, 0.5) is 4.39 Å². The summed E-state index contributed by atoms with van der Waals surface area (Å²) in [7, 11) is 0. The molecule has 0 radical (unpaired) electrons. The van der Waals surface area contributed by atoms with E-state index in [1.165, 1.54) is 40.1 Å². The van der Waals surface area contributed by atoms with Gasteiger partial charge in [-0.1, -0.05) is 29.5 Å². The Morgan fingerprint density at radius 2 is 1.97 bits per heavy atom. The molecule has 2 amide bonds. The number of nitrogens with one attached hydrogen (secondary N) is 1. The predicted octanol–water partition coefficient (Wildman–Crippen LogP) is 3.23. The number of halogens is 1. The zero-order valence-electron chi connectivity index (χ0n) is 19.5. The summed E-state index contributed by atoms with van der Waals surface area (Å²) < 4.78 is 26.4. The van der Waals surface area contributed by atoms with Crippen LogP contribution < -0.4 is 5.32 Å². The number of nitrogens with zero attached hydrogens (tertiary/aromatic N) is 4. The first-order valence-corrected chi connectivity index (χ1v) is 11.8. The molecule has 0 aliphatic carbocycles. The molecule has 0 saturated carbocycles. The number of aromatic nitrogens is 3. The number of furan rings is 1. The van der Waals surface area contributed by atoms with Crippen LogP contribution in [-0.4, -0.2) is 51.0 Å². The number of carbonyl (C=O) groups excluding carboxylic acids is 2. The number of para-hydroxylation sites is 1. The van der Waals surface area contributed by atoms with Crippen molar-refractivity contribution in [2.45, 2.75) is 38.1 Å². The van der Waals surface area contributed by atoms with Crippen molar-refractivity contribution in [2.75, 3.05) is 13.2 Å². The Morgan fingerprint density at radius 3 is 2.72 bits per heavy atom. The molecular weight excluding hydrogens is 465 g/mol. The maximum atomic E-state index is 13.8. The highest BCUT2D eigenvalue weighted by Crippen LogP contribution is 2.26. The van der Waals surface area contributed by atoms with Gasteiger partial charge in [0.25, 0.3) is 0 Å². The molecule has 2 aromatic carbocycles. The first-order valence-electron chi connectivity index (χ1n) is 11.8. The third kappa shape index (κ3) is 5.28. The van der Waals surface area contributed by atoms with Crippen LogP contribution in [0.25, 0.3) is 11.0 Å². The van der Waals surface area contributed by atoms with Crippen molar-refractivity contribution >= 4 is 22.8 Å². The van der Waals surface area contributed by atoms with E-state index in [2.05, 4.69) is 15.6 Å². The molecule has 1 aliphatic heterocycles. The summed E-state index contributed by atoms with van der Waals surface area (Å²) in [6.45, 7) is 0.851. The fraction of sp³-hybridized carbons (Fsp3) is 0.308. The molecule has 10 heteroatoms. The lowest BCUT2D eigenvalue weighted by atomic mass is 10.0. The van der Waals surface area contributed by atoms with Gasteiger partial charge in [-0.2, -0.15) is 0 Å². The number of amides is 2. The summed E-state index contributed by atoms with van der Waals surface area (Å²) in [6.07, 6.45) is 2.98. The topological polar surface area (TPSA) is 102 Å². The predicted molar refractivity (Wildman–Crippen MR) is 128 cm³/mol. The maximum Gasteiger partial charge on any atom is 0.247 e. The second kappa shape index (κ2) is 10.7. The number of rotatable bonds is 9. The minimum absolute atomic E-state index is 0.115. The summed E-state index contributed by atoms with van der Waals surface area (Å²) >= 11 is 0. The molecule has 1 N–H and O–H groups in total. The van der Waals surface area contributed by atoms with Gasteiger partial charge in [-0.15, -0.1) is 5.10 Å². The first-order chi connectivity index (χ1) is 17.6. The normalized spacial score (nSPS) is 16.2. The Bertz CT molecular complexity index is 1320. The number of hydrogen-bond donors (Lipinski definition) is 1. The third-order valence-corrected chi connectivity index (χ3v) is 6.21. The highest BCUT2D eigenvalue weighted by Gasteiger charge is 2.34. The molecule has 3 heterocycles. The van der Waals surface area contributed by atoms with Crippen LogP contribution in [0.1, 0.15) is 30.2 Å². The molecule has 0 spiro atoms. The van der Waals surface area contributed by atoms with Gasteiger partial charge in [-0.3, -0.25) is 9.59 Å². The van der Waals surface area contributed by atoms with E-state index in [9.17, 15) is 14.0 Å². The fourth-order valence-corrected chi connectivity index (χ4v) is 4.41. The van der Waals surface area contributed by atoms with Crippen LogP contribution in [0.15, 0.2) is 71.3 Å². The average molecular weight is 492 g/mol. The van der Waals surface area contributed by atoms with Gasteiger partial charge in [0, 0.05) is 13.2 Å². The van der Waals surface area contributed by atoms with Gasteiger partial charge in [0.15, 0.2) is 0 Å². The summed E-state index contributed by atoms with van der Waals surface area (Å²) in [6, 6.07) is 15.4. The van der Waals surface area contributed by atoms with Crippen LogP contribution in [0.5, 0.6) is 0 Å². The molecule has 0 unspecified atom stereocenters. The lowest BCUT2D eigenvalue weighted by Gasteiger charge is -2.33. The quantitative estimate of drug-likeness (QED) is 0.386. The first kappa shape index (κ1) is 23.7. The van der Waals surface area contributed by atoms with E-state index < -0.39 is 17.8 Å². The van der Waals surface area contributed by atoms with Crippen LogP contribution >= 0.6 is 0 Å². The molecular formula is C26H26FN5O4. The number of benzene rings is 2. The van der Waals surface area contributed by atoms with E-state index in [4.69, 9.17) is 9.15 Å². The minimum atomic E-state index is -1.01. The smallest absolute Gasteiger partial charge is 0.247 e. The van der Waals surface area contributed by atoms with Crippen LogP contribution in [0.2, 0.25) is 0 Å². The van der Waals surface area contributed by atoms with E-state index in [0.717, 1.165) is 12.8 Å². The summed E-state index contributed by atoms with van der Waals surface area (Å²) in [5.74, 6) is -0.594. The lowest BCUT2D eigenvalue weighted by Crippen LogP contribution is -2.47. The zero-order chi connectivity index (χ0) is 24.9. The van der Waals surface area contributed by atoms with Crippen LogP contribution in [0, 0.1) is 5.82 Å². The zero-order valence-corrected chi connectivity index (χ0v) is 19.5. The highest BCUT2D eigenvalue weighted by molar-refractivity contribution is 5.89. The maximum absolute atomic E-state index is 13.8. The monoisotopic (exact) mass is 491 g/mol. The van der Waals surface area contributed by atoms with Crippen molar-refractivity contribution in [2.24, 2.45) is 0 Å². The average Bonchev–Trinajstić information content (AvgIpc) is 3.67. The molecule has 2 atom stereocenters. The molecule has 1 fully saturated rings. The van der Waals surface area contributed by atoms with Gasteiger partial charge in [-0.05, 0) is 54.8 Å². The Hall–Kier alpha value is -4.05. The Labute approximate surface area is 206 Å². The lowest BCUT2D eigenvalue weighted by molar-refractivity contribution is -0.143. The fourth-order valence-electron chi connectivity index (χ4n) is 4.41. The largest absolute Gasteiger partial charge is 0.467 e. The van der Waals surface area contributed by atoms with Crippen molar-refractivity contribution in [3.8, 4) is 0 Å². The number of ether oxygens (including phenoxy) is 1. The molecule has 1 saturated heterocycles. The molecule has 2 aromatic heterocycles. The van der Waals surface area contributed by atoms with Crippen molar-refractivity contribution in [1.82, 2.24) is 25.2 Å². The molecule has 4 aromatic rings. The minimum Gasteiger partial charge on any atom is -0.467 e. The van der Waals surface area contributed by atoms with Crippen molar-refractivity contribution in [1.29, 1.82) is 0 Å². The Kier molecular flexibility index (Phi) is 7.03. The summed E-state index contributed by atoms with van der Waals surface area (Å²) in [4.78, 5) is 28.8. The molecule has 0 bridgehead atoms. The molecule has 36 heavy (non-hydrogen) atoms. The van der Waals surface area contributed by atoms with Crippen LogP contribution in [0.3, 0.4) is 0 Å². The Balaban J connectivity index is 1.46. The van der Waals surface area contributed by atoms with Crippen molar-refractivity contribution < 1.29 is 23.1 Å². The van der Waals surface area contributed by atoms with Gasteiger partial charge < -0.3 is 19.4 Å². The van der Waals surface area contributed by atoms with E-state index >= 15 is 0 Å². The van der Waals surface area contributed by atoms with Gasteiger partial charge >= 0.3 is 0 Å². The molecule has 1 aliphatic rings. The van der Waals surface area contributed by atoms with Gasteiger partial charge in [-0.25, -0.2) is 9.07 Å². The number of carbonyl (C=O) groups is 2. The number of hydrogen-bond acceptors (Lipinski definition) is 6. The summed E-state index contributed by atoms with van der Waals surface area (Å²) in [5, 5.41) is 11.1. The van der Waals surface area contributed by atoms with Crippen molar-refractivity contribution in [3.05, 3.63) is 84.1 Å². The second-order valence-corrected chi connectivity index (χ2v) is 8.67. The second-order valence-electron chi connectivity index (χ2n) is 8.67. The van der Waals surface area contributed by atoms with Crippen LogP contribution in [-0.2, 0) is 27.4 Å². The SMILES string of the molecule is O=C(NCc1ccco1)[C@@H](c1ccc(F)cc1)N(C[C@@H]1CCCO1)C(=O)Cn1nnc2ccccc21. The van der Waals surface area contributed by atoms with E-state index in [1.54, 1.807) is 12.1 Å². The standard InChI is InChI=1S/C26H26FN5O4/c27-19-11-9-18(10-12-19)25(26(34)28-15-20-5-3-13-35-20)31(16-21-6-4-14-36-21)24(33)17-32-23-8-2-1-7-22(23)29-30-32/h1-3,5,7-13,21,25H,4,6,14-17H2,(H,28,34)/t21-,25+/m0/s1. The van der Waals surface area contributed by atoms with E-state index in [1.807, 2.05) is 24.3 Å². The van der Waals surface area contributed by atoms with E-state index in [-0.39, 0.29) is 31.6 Å². The van der Waals surface area contributed by atoms with Gasteiger partial charge in [0.1, 0.15) is 29.7 Å². The highest BCUT2D eigenvalue weighted by atomic mass is 19.1. The number of fused-ring (bicyclic) bond motifs is 1. The molecule has 9 nitrogen and oxygen atoms in total. The molecule has 186 valence electrons. The van der Waals surface area contributed by atoms with Crippen molar-refractivity contribution in [3.63, 3.8) is 0 Å². The van der Waals surface area contributed by atoms with Gasteiger partial charge in [0.05, 0.1) is 24.4 Å². The third-order valence-electron chi connectivity index (χ3n) is 6.21.